The number of carbonyl (C=O) groups is 1. The Labute approximate surface area is 179 Å². The Bertz CT molecular complexity index is 909. The van der Waals surface area contributed by atoms with Gasteiger partial charge in [0.1, 0.15) is 12.4 Å². The lowest BCUT2D eigenvalue weighted by Crippen LogP contribution is -2.50. The molecule has 168 valence electrons. The largest absolute Gasteiger partial charge is 0.493 e. The Hall–Kier alpha value is -2.91. The minimum Gasteiger partial charge on any atom is -0.493 e. The number of likely N-dealkylation sites (tertiary alicyclic amines) is 1. The van der Waals surface area contributed by atoms with E-state index in [1.54, 1.807) is 31.1 Å². The number of para-hydroxylation sites is 2. The average molecular weight is 435 g/mol. The zero-order valence-electron chi connectivity index (χ0n) is 17.6. The summed E-state index contributed by atoms with van der Waals surface area (Å²) in [5, 5.41) is 7.18. The second-order valence-corrected chi connectivity index (χ2v) is 8.01. The quantitative estimate of drug-likeness (QED) is 0.751. The zero-order valence-corrected chi connectivity index (χ0v) is 17.6. The van der Waals surface area contributed by atoms with Crippen LogP contribution in [0.4, 0.5) is 14.7 Å². The normalized spacial score (nSPS) is 24.3. The maximum absolute atomic E-state index is 13.6. The molecule has 10 heteroatoms. The van der Waals surface area contributed by atoms with Crippen LogP contribution in [0.15, 0.2) is 30.6 Å². The fraction of sp³-hybridized carbons (Fsp3) is 0.571. The first-order valence-corrected chi connectivity index (χ1v) is 10.5. The van der Waals surface area contributed by atoms with Crippen LogP contribution >= 0.6 is 0 Å². The van der Waals surface area contributed by atoms with Crippen molar-refractivity contribution in [2.24, 2.45) is 5.92 Å². The van der Waals surface area contributed by atoms with Crippen LogP contribution in [-0.4, -0.2) is 64.3 Å². The molecule has 4 rings (SSSR count). The standard InChI is InChI=1S/C21H27F2N5O3/c1-13(31-18-8-4-3-7-17(18)30-2)20(29)27-9-5-6-14(11-27)15-10-16(19(22)23)28-21(26-15)24-12-25-28/h3-4,7-8,12-16,19H,5-6,9-11H2,1-2H3,(H,24,25,26)/t13?,14?,15-,16+/m0/s1. The topological polar surface area (TPSA) is 81.5 Å². The number of rotatable bonds is 6. The van der Waals surface area contributed by atoms with Crippen LogP contribution < -0.4 is 14.8 Å². The Kier molecular flexibility index (Phi) is 6.24. The van der Waals surface area contributed by atoms with Crippen LogP contribution in [0.3, 0.4) is 0 Å². The van der Waals surface area contributed by atoms with E-state index in [1.807, 2.05) is 12.1 Å². The molecule has 0 radical (unpaired) electrons. The second-order valence-electron chi connectivity index (χ2n) is 8.01. The van der Waals surface area contributed by atoms with Gasteiger partial charge in [0.25, 0.3) is 12.3 Å². The smallest absolute Gasteiger partial charge is 0.263 e. The summed E-state index contributed by atoms with van der Waals surface area (Å²) in [6.07, 6.45) is -0.0244. The lowest BCUT2D eigenvalue weighted by atomic mass is 9.86. The second kappa shape index (κ2) is 9.07. The average Bonchev–Trinajstić information content (AvgIpc) is 3.27. The van der Waals surface area contributed by atoms with Crippen molar-refractivity contribution in [3.63, 3.8) is 0 Å². The number of methoxy groups -OCH3 is 1. The predicted molar refractivity (Wildman–Crippen MR) is 109 cm³/mol. The molecule has 2 aromatic rings. The number of halogens is 2. The summed E-state index contributed by atoms with van der Waals surface area (Å²) in [6, 6.07) is 5.97. The third kappa shape index (κ3) is 4.42. The van der Waals surface area contributed by atoms with E-state index in [4.69, 9.17) is 9.47 Å². The summed E-state index contributed by atoms with van der Waals surface area (Å²) in [5.74, 6) is 1.35. The number of benzene rings is 1. The van der Waals surface area contributed by atoms with Crippen LogP contribution in [0.25, 0.3) is 0 Å². The third-order valence-electron chi connectivity index (χ3n) is 6.05. The van der Waals surface area contributed by atoms with Crippen molar-refractivity contribution in [3.8, 4) is 11.5 Å². The van der Waals surface area contributed by atoms with Gasteiger partial charge in [0.05, 0.1) is 7.11 Å². The fourth-order valence-electron chi connectivity index (χ4n) is 4.45. The highest BCUT2D eigenvalue weighted by molar-refractivity contribution is 5.81. The Balaban J connectivity index is 1.42. The molecule has 31 heavy (non-hydrogen) atoms. The third-order valence-corrected chi connectivity index (χ3v) is 6.05. The molecule has 0 bridgehead atoms. The van der Waals surface area contributed by atoms with E-state index in [0.717, 1.165) is 12.8 Å². The number of nitrogens with one attached hydrogen (secondary N) is 1. The minimum absolute atomic E-state index is 0.0443. The van der Waals surface area contributed by atoms with E-state index >= 15 is 0 Å². The molecule has 1 amide bonds. The molecule has 2 aliphatic heterocycles. The van der Waals surface area contributed by atoms with Crippen LogP contribution in [0.2, 0.25) is 0 Å². The van der Waals surface area contributed by atoms with Crippen molar-refractivity contribution >= 4 is 11.9 Å². The molecule has 1 fully saturated rings. The van der Waals surface area contributed by atoms with Crippen LogP contribution in [-0.2, 0) is 4.79 Å². The number of aromatic nitrogens is 3. The molecule has 8 nitrogen and oxygen atoms in total. The monoisotopic (exact) mass is 435 g/mol. The highest BCUT2D eigenvalue weighted by Gasteiger charge is 2.39. The molecule has 2 unspecified atom stereocenters. The van der Waals surface area contributed by atoms with Gasteiger partial charge >= 0.3 is 0 Å². The van der Waals surface area contributed by atoms with E-state index < -0.39 is 18.6 Å². The summed E-state index contributed by atoms with van der Waals surface area (Å²) >= 11 is 0. The molecule has 0 spiro atoms. The first-order chi connectivity index (χ1) is 15.0. The summed E-state index contributed by atoms with van der Waals surface area (Å²) < 4.78 is 39.6. The lowest BCUT2D eigenvalue weighted by molar-refractivity contribution is -0.140. The van der Waals surface area contributed by atoms with Gasteiger partial charge in [0.2, 0.25) is 5.95 Å². The van der Waals surface area contributed by atoms with E-state index in [1.165, 1.54) is 11.0 Å². The maximum Gasteiger partial charge on any atom is 0.263 e. The van der Waals surface area contributed by atoms with Gasteiger partial charge in [-0.1, -0.05) is 12.1 Å². The number of hydrogen-bond donors (Lipinski definition) is 1. The molecule has 2 aliphatic rings. The van der Waals surface area contributed by atoms with E-state index in [-0.39, 0.29) is 24.3 Å². The molecule has 3 heterocycles. The van der Waals surface area contributed by atoms with Crippen molar-refractivity contribution < 1.29 is 23.0 Å². The molecule has 4 atom stereocenters. The summed E-state index contributed by atoms with van der Waals surface area (Å²) in [6.45, 7) is 2.82. The highest BCUT2D eigenvalue weighted by Crippen LogP contribution is 2.35. The first kappa shape index (κ1) is 21.3. The fourth-order valence-corrected chi connectivity index (χ4v) is 4.45. The van der Waals surface area contributed by atoms with Crippen LogP contribution in [0, 0.1) is 5.92 Å². The van der Waals surface area contributed by atoms with Gasteiger partial charge in [-0.3, -0.25) is 4.79 Å². The van der Waals surface area contributed by atoms with Gasteiger partial charge in [-0.25, -0.2) is 13.5 Å². The Morgan fingerprint density at radius 3 is 2.81 bits per heavy atom. The van der Waals surface area contributed by atoms with Gasteiger partial charge < -0.3 is 19.7 Å². The molecule has 0 aliphatic carbocycles. The highest BCUT2D eigenvalue weighted by atomic mass is 19.3. The zero-order chi connectivity index (χ0) is 22.0. The van der Waals surface area contributed by atoms with Gasteiger partial charge in [0, 0.05) is 19.1 Å². The maximum atomic E-state index is 13.6. The van der Waals surface area contributed by atoms with E-state index in [2.05, 4.69) is 15.4 Å². The minimum atomic E-state index is -2.53. The van der Waals surface area contributed by atoms with Gasteiger partial charge in [-0.2, -0.15) is 10.1 Å². The molecule has 1 N–H and O–H groups in total. The number of alkyl halides is 2. The van der Waals surface area contributed by atoms with Crippen molar-refractivity contribution in [1.29, 1.82) is 0 Å². The van der Waals surface area contributed by atoms with Crippen molar-refractivity contribution in [2.75, 3.05) is 25.5 Å². The SMILES string of the molecule is COc1ccccc1OC(C)C(=O)N1CCCC([C@@H]2C[C@H](C(F)F)n3ncnc3N2)C1. The van der Waals surface area contributed by atoms with Crippen molar-refractivity contribution in [2.45, 2.75) is 50.8 Å². The molecule has 1 saturated heterocycles. The molecular formula is C21H27F2N5O3. The van der Waals surface area contributed by atoms with E-state index in [9.17, 15) is 13.6 Å². The summed E-state index contributed by atoms with van der Waals surface area (Å²) in [7, 11) is 1.55. The first-order valence-electron chi connectivity index (χ1n) is 10.5. The summed E-state index contributed by atoms with van der Waals surface area (Å²) in [5.41, 5.74) is 0. The van der Waals surface area contributed by atoms with Crippen LogP contribution in [0.5, 0.6) is 11.5 Å². The Morgan fingerprint density at radius 2 is 2.06 bits per heavy atom. The molecule has 1 aromatic carbocycles. The number of nitrogens with zero attached hydrogens (tertiary/aromatic N) is 4. The van der Waals surface area contributed by atoms with Crippen molar-refractivity contribution in [1.82, 2.24) is 19.7 Å². The molecule has 0 saturated carbocycles. The van der Waals surface area contributed by atoms with E-state index in [0.29, 0.717) is 30.5 Å². The predicted octanol–water partition coefficient (Wildman–Crippen LogP) is 2.98. The summed E-state index contributed by atoms with van der Waals surface area (Å²) in [4.78, 5) is 18.9. The van der Waals surface area contributed by atoms with Crippen LogP contribution in [0.1, 0.15) is 32.2 Å². The van der Waals surface area contributed by atoms with Gasteiger partial charge in [0.15, 0.2) is 17.6 Å². The molecular weight excluding hydrogens is 408 g/mol. The Morgan fingerprint density at radius 1 is 1.29 bits per heavy atom. The number of hydrogen-bond acceptors (Lipinski definition) is 6. The van der Waals surface area contributed by atoms with Crippen molar-refractivity contribution in [3.05, 3.63) is 30.6 Å². The number of ether oxygens (including phenoxy) is 2. The van der Waals surface area contributed by atoms with Gasteiger partial charge in [-0.15, -0.1) is 0 Å². The number of piperidine rings is 1. The number of fused-ring (bicyclic) bond motifs is 1. The lowest BCUT2D eigenvalue weighted by Gasteiger charge is -2.41. The number of carbonyl (C=O) groups excluding carboxylic acids is 1. The number of anilines is 1. The van der Waals surface area contributed by atoms with Gasteiger partial charge in [-0.05, 0) is 44.2 Å². The number of amides is 1. The molecule has 1 aromatic heterocycles.